The smallest absolute Gasteiger partial charge is 0.156 e. The van der Waals surface area contributed by atoms with E-state index in [0.29, 0.717) is 5.15 Å². The molecule has 0 amide bonds. The van der Waals surface area contributed by atoms with Crippen LogP contribution in [0.5, 0.6) is 5.75 Å². The van der Waals surface area contributed by atoms with E-state index in [-0.39, 0.29) is 0 Å². The van der Waals surface area contributed by atoms with Crippen LogP contribution in [0.25, 0.3) is 22.3 Å². The summed E-state index contributed by atoms with van der Waals surface area (Å²) in [5, 5.41) is 0.430. The van der Waals surface area contributed by atoms with Crippen molar-refractivity contribution in [3.63, 3.8) is 0 Å². The number of nitrogens with zero attached hydrogens (tertiary/aromatic N) is 2. The highest BCUT2D eigenvalue weighted by atomic mass is 35.5. The molecule has 3 rings (SSSR count). The summed E-state index contributed by atoms with van der Waals surface area (Å²) in [6, 6.07) is 9.72. The van der Waals surface area contributed by atoms with Crippen LogP contribution >= 0.6 is 11.6 Å². The van der Waals surface area contributed by atoms with Crippen LogP contribution in [0, 0.1) is 0 Å². The SMILES string of the molecule is COc1ccc(-c2cc3ncnc(Cl)c3[nH]2)cc1. The van der Waals surface area contributed by atoms with Crippen LogP contribution in [0.3, 0.4) is 0 Å². The maximum atomic E-state index is 6.00. The Morgan fingerprint density at radius 1 is 1.17 bits per heavy atom. The highest BCUT2D eigenvalue weighted by molar-refractivity contribution is 6.33. The number of hydrogen-bond acceptors (Lipinski definition) is 3. The van der Waals surface area contributed by atoms with Crippen LogP contribution in [-0.4, -0.2) is 22.1 Å². The molecular weight excluding hydrogens is 250 g/mol. The van der Waals surface area contributed by atoms with Gasteiger partial charge in [-0.15, -0.1) is 0 Å². The Hall–Kier alpha value is -2.07. The summed E-state index contributed by atoms with van der Waals surface area (Å²) >= 11 is 6.00. The molecule has 2 heterocycles. The lowest BCUT2D eigenvalue weighted by Crippen LogP contribution is -1.82. The Morgan fingerprint density at radius 2 is 1.94 bits per heavy atom. The third kappa shape index (κ3) is 1.80. The zero-order valence-electron chi connectivity index (χ0n) is 9.64. The first kappa shape index (κ1) is 11.0. The molecule has 0 atom stereocenters. The van der Waals surface area contributed by atoms with E-state index >= 15 is 0 Å². The first-order chi connectivity index (χ1) is 8.78. The largest absolute Gasteiger partial charge is 0.497 e. The van der Waals surface area contributed by atoms with Crippen molar-refractivity contribution >= 4 is 22.6 Å². The highest BCUT2D eigenvalue weighted by Crippen LogP contribution is 2.27. The van der Waals surface area contributed by atoms with Crippen LogP contribution in [0.2, 0.25) is 5.15 Å². The van der Waals surface area contributed by atoms with Gasteiger partial charge in [-0.05, 0) is 35.9 Å². The Morgan fingerprint density at radius 3 is 2.61 bits per heavy atom. The first-order valence-corrected chi connectivity index (χ1v) is 5.79. The third-order valence-corrected chi connectivity index (χ3v) is 3.06. The third-order valence-electron chi connectivity index (χ3n) is 2.77. The summed E-state index contributed by atoms with van der Waals surface area (Å²) in [4.78, 5) is 11.3. The molecule has 5 heteroatoms. The average Bonchev–Trinajstić information content (AvgIpc) is 2.84. The van der Waals surface area contributed by atoms with Crippen molar-refractivity contribution in [2.75, 3.05) is 7.11 Å². The highest BCUT2D eigenvalue weighted by Gasteiger charge is 2.07. The van der Waals surface area contributed by atoms with Gasteiger partial charge >= 0.3 is 0 Å². The molecule has 0 saturated heterocycles. The number of nitrogens with one attached hydrogen (secondary N) is 1. The molecular formula is C13H10ClN3O. The number of fused-ring (bicyclic) bond motifs is 1. The quantitative estimate of drug-likeness (QED) is 0.719. The fraction of sp³-hybridized carbons (Fsp3) is 0.0769. The van der Waals surface area contributed by atoms with E-state index in [9.17, 15) is 0 Å². The van der Waals surface area contributed by atoms with Crippen molar-refractivity contribution in [1.29, 1.82) is 0 Å². The maximum absolute atomic E-state index is 6.00. The number of aromatic amines is 1. The number of ether oxygens (including phenoxy) is 1. The summed E-state index contributed by atoms with van der Waals surface area (Å²) in [5.41, 5.74) is 3.56. The number of benzene rings is 1. The Bertz CT molecular complexity index is 691. The number of methoxy groups -OCH3 is 1. The minimum atomic E-state index is 0.430. The van der Waals surface area contributed by atoms with Crippen LogP contribution in [-0.2, 0) is 0 Å². The van der Waals surface area contributed by atoms with Gasteiger partial charge in [0.05, 0.1) is 12.6 Å². The van der Waals surface area contributed by atoms with E-state index in [2.05, 4.69) is 15.0 Å². The molecule has 0 aliphatic carbocycles. The predicted octanol–water partition coefficient (Wildman–Crippen LogP) is 3.29. The van der Waals surface area contributed by atoms with Crippen LogP contribution in [0.4, 0.5) is 0 Å². The Kier molecular flexibility index (Phi) is 2.64. The van der Waals surface area contributed by atoms with Gasteiger partial charge in [0, 0.05) is 5.69 Å². The molecule has 1 aromatic carbocycles. The zero-order chi connectivity index (χ0) is 12.5. The number of H-pyrrole nitrogens is 1. The fourth-order valence-electron chi connectivity index (χ4n) is 1.84. The lowest BCUT2D eigenvalue weighted by atomic mass is 10.1. The van der Waals surface area contributed by atoms with E-state index in [4.69, 9.17) is 16.3 Å². The number of rotatable bonds is 2. The number of halogens is 1. The predicted molar refractivity (Wildman–Crippen MR) is 70.9 cm³/mol. The normalized spacial score (nSPS) is 10.8. The fourth-order valence-corrected chi connectivity index (χ4v) is 2.02. The number of hydrogen-bond donors (Lipinski definition) is 1. The van der Waals surface area contributed by atoms with Crippen molar-refractivity contribution < 1.29 is 4.74 Å². The molecule has 0 unspecified atom stereocenters. The van der Waals surface area contributed by atoms with Gasteiger partial charge in [-0.1, -0.05) is 11.6 Å². The first-order valence-electron chi connectivity index (χ1n) is 5.41. The van der Waals surface area contributed by atoms with Gasteiger partial charge in [0.1, 0.15) is 17.6 Å². The molecule has 3 aromatic rings. The lowest BCUT2D eigenvalue weighted by molar-refractivity contribution is 0.415. The molecule has 4 nitrogen and oxygen atoms in total. The van der Waals surface area contributed by atoms with E-state index in [1.165, 1.54) is 6.33 Å². The molecule has 0 bridgehead atoms. The number of aromatic nitrogens is 3. The van der Waals surface area contributed by atoms with E-state index < -0.39 is 0 Å². The van der Waals surface area contributed by atoms with Gasteiger partial charge in [-0.25, -0.2) is 9.97 Å². The van der Waals surface area contributed by atoms with Gasteiger partial charge in [-0.2, -0.15) is 0 Å². The molecule has 90 valence electrons. The molecule has 1 N–H and O–H groups in total. The van der Waals surface area contributed by atoms with Crippen molar-refractivity contribution in [3.8, 4) is 17.0 Å². The monoisotopic (exact) mass is 259 g/mol. The summed E-state index contributed by atoms with van der Waals surface area (Å²) < 4.78 is 5.13. The van der Waals surface area contributed by atoms with Crippen molar-refractivity contribution in [2.24, 2.45) is 0 Å². The van der Waals surface area contributed by atoms with Gasteiger partial charge in [-0.3, -0.25) is 0 Å². The molecule has 0 aliphatic heterocycles. The summed E-state index contributed by atoms with van der Waals surface area (Å²) in [6.45, 7) is 0. The zero-order valence-corrected chi connectivity index (χ0v) is 10.4. The van der Waals surface area contributed by atoms with E-state index in [0.717, 1.165) is 28.0 Å². The standard InChI is InChI=1S/C13H10ClN3O/c1-18-9-4-2-8(3-5-9)10-6-11-12(17-10)13(14)16-7-15-11/h2-7,17H,1H3. The molecule has 0 fully saturated rings. The summed E-state index contributed by atoms with van der Waals surface area (Å²) in [5.74, 6) is 0.827. The second-order valence-corrected chi connectivity index (χ2v) is 4.19. The minimum absolute atomic E-state index is 0.430. The van der Waals surface area contributed by atoms with Gasteiger partial charge in [0.25, 0.3) is 0 Å². The Labute approximate surface area is 109 Å². The summed E-state index contributed by atoms with van der Waals surface area (Å²) in [6.07, 6.45) is 1.45. The van der Waals surface area contributed by atoms with Gasteiger partial charge in [0.2, 0.25) is 0 Å². The van der Waals surface area contributed by atoms with Crippen molar-refractivity contribution in [1.82, 2.24) is 15.0 Å². The van der Waals surface area contributed by atoms with Gasteiger partial charge in [0.15, 0.2) is 5.15 Å². The Balaban J connectivity index is 2.10. The van der Waals surface area contributed by atoms with Crippen LogP contribution in [0.1, 0.15) is 0 Å². The van der Waals surface area contributed by atoms with Gasteiger partial charge < -0.3 is 9.72 Å². The molecule has 0 spiro atoms. The van der Waals surface area contributed by atoms with Crippen LogP contribution < -0.4 is 4.74 Å². The summed E-state index contributed by atoms with van der Waals surface area (Å²) in [7, 11) is 1.65. The topological polar surface area (TPSA) is 50.8 Å². The minimum Gasteiger partial charge on any atom is -0.497 e. The molecule has 2 aromatic heterocycles. The molecule has 0 aliphatic rings. The maximum Gasteiger partial charge on any atom is 0.156 e. The van der Waals surface area contributed by atoms with Crippen molar-refractivity contribution in [3.05, 3.63) is 41.8 Å². The average molecular weight is 260 g/mol. The van der Waals surface area contributed by atoms with E-state index in [1.807, 2.05) is 30.3 Å². The second kappa shape index (κ2) is 4.31. The molecule has 0 radical (unpaired) electrons. The second-order valence-electron chi connectivity index (χ2n) is 3.84. The van der Waals surface area contributed by atoms with Crippen LogP contribution in [0.15, 0.2) is 36.7 Å². The molecule has 0 saturated carbocycles. The lowest BCUT2D eigenvalue weighted by Gasteiger charge is -2.01. The molecule has 18 heavy (non-hydrogen) atoms. The van der Waals surface area contributed by atoms with Crippen molar-refractivity contribution in [2.45, 2.75) is 0 Å². The van der Waals surface area contributed by atoms with E-state index in [1.54, 1.807) is 7.11 Å².